The van der Waals surface area contributed by atoms with Crippen molar-refractivity contribution in [1.82, 2.24) is 10.2 Å². The monoisotopic (exact) mass is 427 g/mol. The van der Waals surface area contributed by atoms with E-state index in [1.807, 2.05) is 24.3 Å². The van der Waals surface area contributed by atoms with Gasteiger partial charge in [-0.1, -0.05) is 11.6 Å². The number of carbonyl (C=O) groups is 1. The number of halogens is 3. The minimum absolute atomic E-state index is 0. The molecule has 1 aromatic rings. The molecule has 9 heteroatoms. The maximum absolute atomic E-state index is 11.9. The summed E-state index contributed by atoms with van der Waals surface area (Å²) in [4.78, 5) is 14.2. The van der Waals surface area contributed by atoms with Crippen LogP contribution in [0.2, 0.25) is 5.02 Å². The molecule has 150 valence electrons. The summed E-state index contributed by atoms with van der Waals surface area (Å²) in [6.07, 6.45) is 1.85. The highest BCUT2D eigenvalue weighted by molar-refractivity contribution is 6.30. The van der Waals surface area contributed by atoms with Gasteiger partial charge >= 0.3 is 0 Å². The summed E-state index contributed by atoms with van der Waals surface area (Å²) < 4.78 is 10.6. The summed E-state index contributed by atoms with van der Waals surface area (Å²) in [5.41, 5.74) is 5.73. The van der Waals surface area contributed by atoms with Crippen LogP contribution >= 0.6 is 36.4 Å². The number of carbonyl (C=O) groups excluding carboxylic acids is 1. The van der Waals surface area contributed by atoms with Crippen molar-refractivity contribution in [2.45, 2.75) is 24.9 Å². The summed E-state index contributed by atoms with van der Waals surface area (Å²) >= 11 is 5.85. The van der Waals surface area contributed by atoms with E-state index < -0.39 is 6.04 Å². The van der Waals surface area contributed by atoms with Crippen LogP contribution < -0.4 is 15.8 Å². The second-order valence-corrected chi connectivity index (χ2v) is 6.43. The predicted molar refractivity (Wildman–Crippen MR) is 109 cm³/mol. The Balaban J connectivity index is 0.00000312. The maximum atomic E-state index is 11.9. The lowest BCUT2D eigenvalue weighted by atomic mass is 10.0. The van der Waals surface area contributed by atoms with Crippen LogP contribution in [0.1, 0.15) is 12.8 Å². The van der Waals surface area contributed by atoms with E-state index in [1.54, 1.807) is 0 Å². The molecule has 1 aliphatic rings. The van der Waals surface area contributed by atoms with Crippen molar-refractivity contribution in [2.75, 3.05) is 40.0 Å². The number of hydrogen-bond donors (Lipinski definition) is 2. The van der Waals surface area contributed by atoms with Gasteiger partial charge in [-0.15, -0.1) is 24.8 Å². The van der Waals surface area contributed by atoms with Gasteiger partial charge in [0.15, 0.2) is 0 Å². The first kappa shape index (κ1) is 25.2. The number of hydrogen-bond acceptors (Lipinski definition) is 5. The minimum atomic E-state index is -0.596. The molecule has 1 amide bonds. The van der Waals surface area contributed by atoms with E-state index in [2.05, 4.69) is 10.2 Å². The number of piperidine rings is 1. The number of methoxy groups -OCH3 is 1. The van der Waals surface area contributed by atoms with Gasteiger partial charge in [0.25, 0.3) is 0 Å². The second-order valence-electron chi connectivity index (χ2n) is 5.99. The van der Waals surface area contributed by atoms with Gasteiger partial charge in [0.1, 0.15) is 18.4 Å². The van der Waals surface area contributed by atoms with E-state index in [9.17, 15) is 4.79 Å². The van der Waals surface area contributed by atoms with Crippen LogP contribution in [0.4, 0.5) is 0 Å². The summed E-state index contributed by atoms with van der Waals surface area (Å²) in [6, 6.07) is 6.97. The molecule has 1 unspecified atom stereocenters. The molecule has 26 heavy (non-hydrogen) atoms. The molecule has 1 fully saturated rings. The minimum Gasteiger partial charge on any atom is -0.492 e. The average molecular weight is 429 g/mol. The van der Waals surface area contributed by atoms with Crippen LogP contribution in [0.5, 0.6) is 5.75 Å². The standard InChI is InChI=1S/C17H26ClN3O3.2ClH/c1-23-12-16(19)17(22)20-14-6-8-21(9-7-14)10-11-24-15-4-2-13(18)3-5-15;;/h2-5,14,16H,6-12,19H2,1H3,(H,20,22);2*1H. The lowest BCUT2D eigenvalue weighted by molar-refractivity contribution is -0.124. The van der Waals surface area contributed by atoms with Crippen molar-refractivity contribution in [2.24, 2.45) is 5.73 Å². The lowest BCUT2D eigenvalue weighted by Crippen LogP contribution is -2.51. The first-order valence-corrected chi connectivity index (χ1v) is 8.62. The summed E-state index contributed by atoms with van der Waals surface area (Å²) in [5.74, 6) is 0.690. The Labute approximate surface area is 172 Å². The fraction of sp³-hybridized carbons (Fsp3) is 0.588. The largest absolute Gasteiger partial charge is 0.492 e. The zero-order chi connectivity index (χ0) is 17.4. The van der Waals surface area contributed by atoms with E-state index in [0.29, 0.717) is 11.6 Å². The van der Waals surface area contributed by atoms with Gasteiger partial charge in [-0.25, -0.2) is 0 Å². The molecule has 1 saturated heterocycles. The number of likely N-dealkylation sites (tertiary alicyclic amines) is 1. The number of nitrogens with two attached hydrogens (primary N) is 1. The SMILES string of the molecule is COCC(N)C(=O)NC1CCN(CCOc2ccc(Cl)cc2)CC1.Cl.Cl. The number of benzene rings is 1. The molecule has 2 rings (SSSR count). The average Bonchev–Trinajstić information content (AvgIpc) is 2.58. The van der Waals surface area contributed by atoms with Crippen LogP contribution in [-0.2, 0) is 9.53 Å². The Morgan fingerprint density at radius 3 is 2.50 bits per heavy atom. The highest BCUT2D eigenvalue weighted by Crippen LogP contribution is 2.16. The molecule has 0 saturated carbocycles. The molecule has 6 nitrogen and oxygen atoms in total. The summed E-state index contributed by atoms with van der Waals surface area (Å²) in [7, 11) is 1.54. The fourth-order valence-electron chi connectivity index (χ4n) is 2.69. The van der Waals surface area contributed by atoms with Crippen LogP contribution in [0.15, 0.2) is 24.3 Å². The second kappa shape index (κ2) is 13.4. The van der Waals surface area contributed by atoms with Crippen molar-refractivity contribution in [1.29, 1.82) is 0 Å². The van der Waals surface area contributed by atoms with E-state index >= 15 is 0 Å². The quantitative estimate of drug-likeness (QED) is 0.663. The van der Waals surface area contributed by atoms with Crippen molar-refractivity contribution in [3.63, 3.8) is 0 Å². The molecular weight excluding hydrogens is 401 g/mol. The smallest absolute Gasteiger partial charge is 0.239 e. The van der Waals surface area contributed by atoms with Crippen LogP contribution in [0, 0.1) is 0 Å². The number of nitrogens with zero attached hydrogens (tertiary/aromatic N) is 1. The molecule has 0 aliphatic carbocycles. The third-order valence-corrected chi connectivity index (χ3v) is 4.36. The van der Waals surface area contributed by atoms with E-state index in [4.69, 9.17) is 26.8 Å². The predicted octanol–water partition coefficient (Wildman–Crippen LogP) is 2.12. The molecule has 0 radical (unpaired) electrons. The van der Waals surface area contributed by atoms with Crippen molar-refractivity contribution >= 4 is 42.3 Å². The van der Waals surface area contributed by atoms with Crippen LogP contribution in [-0.4, -0.2) is 62.8 Å². The Morgan fingerprint density at radius 2 is 1.92 bits per heavy atom. The Morgan fingerprint density at radius 1 is 1.31 bits per heavy atom. The fourth-order valence-corrected chi connectivity index (χ4v) is 2.81. The first-order valence-electron chi connectivity index (χ1n) is 8.24. The van der Waals surface area contributed by atoms with Crippen molar-refractivity contribution in [3.8, 4) is 5.75 Å². The molecule has 1 atom stereocenters. The summed E-state index contributed by atoms with van der Waals surface area (Å²) in [6.45, 7) is 3.62. The van der Waals surface area contributed by atoms with Crippen molar-refractivity contribution < 1.29 is 14.3 Å². The highest BCUT2D eigenvalue weighted by atomic mass is 35.5. The topological polar surface area (TPSA) is 76.8 Å². The van der Waals surface area contributed by atoms with Crippen molar-refractivity contribution in [3.05, 3.63) is 29.3 Å². The number of nitrogens with one attached hydrogen (secondary N) is 1. The zero-order valence-corrected chi connectivity index (χ0v) is 17.2. The molecule has 1 aliphatic heterocycles. The molecular formula is C17H28Cl3N3O3. The summed E-state index contributed by atoms with van der Waals surface area (Å²) in [5, 5.41) is 3.70. The number of ether oxygens (including phenoxy) is 2. The van der Waals surface area contributed by atoms with E-state index in [1.165, 1.54) is 7.11 Å². The van der Waals surface area contributed by atoms with Gasteiger partial charge in [-0.05, 0) is 37.1 Å². The van der Waals surface area contributed by atoms with Crippen LogP contribution in [0.3, 0.4) is 0 Å². The Kier molecular flexibility index (Phi) is 13.0. The molecule has 0 spiro atoms. The van der Waals surface area contributed by atoms with Gasteiger partial charge < -0.3 is 20.5 Å². The third-order valence-electron chi connectivity index (χ3n) is 4.11. The lowest BCUT2D eigenvalue weighted by Gasteiger charge is -2.32. The maximum Gasteiger partial charge on any atom is 0.239 e. The zero-order valence-electron chi connectivity index (χ0n) is 14.9. The van der Waals surface area contributed by atoms with Gasteiger partial charge in [-0.3, -0.25) is 9.69 Å². The molecule has 1 aromatic carbocycles. The molecule has 3 N–H and O–H groups in total. The van der Waals surface area contributed by atoms with Gasteiger partial charge in [0.2, 0.25) is 5.91 Å². The molecule has 0 aromatic heterocycles. The van der Waals surface area contributed by atoms with Gasteiger partial charge in [-0.2, -0.15) is 0 Å². The van der Waals surface area contributed by atoms with E-state index in [0.717, 1.165) is 38.2 Å². The normalized spacial score (nSPS) is 16.1. The Bertz CT molecular complexity index is 512. The third kappa shape index (κ3) is 8.75. The highest BCUT2D eigenvalue weighted by Gasteiger charge is 2.22. The molecule has 0 bridgehead atoms. The molecule has 1 heterocycles. The van der Waals surface area contributed by atoms with Crippen LogP contribution in [0.25, 0.3) is 0 Å². The first-order chi connectivity index (χ1) is 11.6. The number of amides is 1. The number of rotatable bonds is 8. The van der Waals surface area contributed by atoms with Gasteiger partial charge in [0.05, 0.1) is 6.61 Å². The Hall–Kier alpha value is -0.760. The van der Waals surface area contributed by atoms with E-state index in [-0.39, 0.29) is 43.4 Å². The van der Waals surface area contributed by atoms with Gasteiger partial charge in [0, 0.05) is 37.8 Å².